The number of aliphatic hydroxyl groups is 1. The summed E-state index contributed by atoms with van der Waals surface area (Å²) in [5.74, 6) is 0.403. The number of carbonyl (C=O) groups excluding carboxylic acids is 1. The zero-order chi connectivity index (χ0) is 30.1. The summed E-state index contributed by atoms with van der Waals surface area (Å²) in [5, 5.41) is 10.4. The molecular weight excluding hydrogens is 796 g/mol. The maximum Gasteiger partial charge on any atom is 0.133 e. The Labute approximate surface area is 287 Å². The number of hydrogen-bond donors (Lipinski definition) is 1. The first-order chi connectivity index (χ1) is 20.5. The number of fused-ring (bicyclic) bond motifs is 10. The molecule has 2 nitrogen and oxygen atoms in total. The molecule has 0 atom stereocenters. The minimum atomic E-state index is -0.522. The van der Waals surface area contributed by atoms with Crippen molar-refractivity contribution in [3.8, 4) is 22.3 Å². The second-order valence-electron chi connectivity index (χ2n) is 13.0. The zero-order valence-corrected chi connectivity index (χ0v) is 30.3. The monoisotopic (exact) mass is 824 g/mol. The van der Waals surface area contributed by atoms with Crippen LogP contribution in [0, 0.1) is 0 Å². The van der Waals surface area contributed by atoms with Crippen molar-refractivity contribution in [3.05, 3.63) is 113 Å². The zero-order valence-electron chi connectivity index (χ0n) is 24.0. The van der Waals surface area contributed by atoms with Gasteiger partial charge in [0.25, 0.3) is 0 Å². The van der Waals surface area contributed by atoms with Crippen molar-refractivity contribution in [2.75, 3.05) is 0 Å². The molecule has 0 aromatic heterocycles. The SMILES string of the molecule is CC1(O)CCC2(CC1)c1cc(Br)ccc1-c1ccc(Br)cc12.O=C1CCC2(CC1)c1cc(Br)ccc1-c1ccc(Br)cc12. The van der Waals surface area contributed by atoms with Crippen LogP contribution in [0.15, 0.2) is 90.7 Å². The first kappa shape index (κ1) is 30.1. The molecule has 4 aromatic rings. The number of halogens is 4. The highest BCUT2D eigenvalue weighted by molar-refractivity contribution is 9.11. The van der Waals surface area contributed by atoms with Gasteiger partial charge < -0.3 is 5.11 Å². The van der Waals surface area contributed by atoms with E-state index in [-0.39, 0.29) is 10.8 Å². The maximum atomic E-state index is 11.7. The van der Waals surface area contributed by atoms with Gasteiger partial charge in [0.15, 0.2) is 0 Å². The summed E-state index contributed by atoms with van der Waals surface area (Å²) in [7, 11) is 0. The van der Waals surface area contributed by atoms with Gasteiger partial charge in [-0.25, -0.2) is 0 Å². The number of Topliss-reactive ketones (excluding diaryl/α,β-unsaturated/α-hetero) is 1. The Bertz CT molecular complexity index is 1660. The van der Waals surface area contributed by atoms with Crippen LogP contribution in [-0.2, 0) is 15.6 Å². The first-order valence-corrected chi connectivity index (χ1v) is 18.1. The second kappa shape index (κ2) is 11.0. The van der Waals surface area contributed by atoms with Gasteiger partial charge in [-0.15, -0.1) is 0 Å². The third-order valence-electron chi connectivity index (χ3n) is 10.4. The number of ketones is 1. The molecule has 43 heavy (non-hydrogen) atoms. The third kappa shape index (κ3) is 5.08. The van der Waals surface area contributed by atoms with E-state index >= 15 is 0 Å². The molecule has 1 N–H and O–H groups in total. The molecular formula is C37H32Br4O2. The van der Waals surface area contributed by atoms with Gasteiger partial charge in [0.1, 0.15) is 5.78 Å². The first-order valence-electron chi connectivity index (χ1n) is 15.0. The van der Waals surface area contributed by atoms with Gasteiger partial charge in [-0.1, -0.05) is 88.0 Å². The highest BCUT2D eigenvalue weighted by Gasteiger charge is 2.48. The molecule has 0 aliphatic heterocycles. The van der Waals surface area contributed by atoms with Crippen LogP contribution in [0.4, 0.5) is 0 Å². The van der Waals surface area contributed by atoms with Crippen molar-refractivity contribution in [1.29, 1.82) is 0 Å². The van der Waals surface area contributed by atoms with E-state index in [4.69, 9.17) is 0 Å². The lowest BCUT2D eigenvalue weighted by molar-refractivity contribution is -0.121. The number of rotatable bonds is 0. The molecule has 4 aliphatic carbocycles. The fourth-order valence-electron chi connectivity index (χ4n) is 8.13. The predicted octanol–water partition coefficient (Wildman–Crippen LogP) is 11.4. The maximum absolute atomic E-state index is 11.7. The summed E-state index contributed by atoms with van der Waals surface area (Å²) in [6.07, 6.45) is 6.96. The molecule has 2 spiro atoms. The van der Waals surface area contributed by atoms with Gasteiger partial charge in [0.05, 0.1) is 5.60 Å². The summed E-state index contributed by atoms with van der Waals surface area (Å²) in [5.41, 5.74) is 10.5. The lowest BCUT2D eigenvalue weighted by Crippen LogP contribution is -2.39. The standard InChI is InChI=1S/C19H18Br2O.C18H14Br2O/c1-18(22)6-8-19(9-7-18)16-10-12(20)2-4-14(16)15-5-3-13(21)11-17(15)19;19-11-1-3-14-15-4-2-12(20)10-17(15)18(16(14)9-11)7-5-13(21)6-8-18/h2-5,10-11,22H,6-9H2,1H3;1-4,9-10H,5-8H2. The van der Waals surface area contributed by atoms with Gasteiger partial charge in [-0.3, -0.25) is 4.79 Å². The van der Waals surface area contributed by atoms with Crippen LogP contribution in [0.5, 0.6) is 0 Å². The molecule has 0 bridgehead atoms. The Hall–Kier alpha value is -1.57. The fraction of sp³-hybridized carbons (Fsp3) is 0.324. The summed E-state index contributed by atoms with van der Waals surface area (Å²) >= 11 is 14.5. The van der Waals surface area contributed by atoms with Crippen LogP contribution < -0.4 is 0 Å². The molecule has 2 fully saturated rings. The molecule has 0 amide bonds. The van der Waals surface area contributed by atoms with Crippen LogP contribution in [0.2, 0.25) is 0 Å². The number of hydrogen-bond acceptors (Lipinski definition) is 2. The molecule has 0 radical (unpaired) electrons. The quantitative estimate of drug-likeness (QED) is 0.192. The Morgan fingerprint density at radius 1 is 0.512 bits per heavy atom. The van der Waals surface area contributed by atoms with E-state index in [9.17, 15) is 9.90 Å². The van der Waals surface area contributed by atoms with Gasteiger partial charge in [0.2, 0.25) is 0 Å². The fourth-order valence-corrected chi connectivity index (χ4v) is 9.57. The lowest BCUT2D eigenvalue weighted by Gasteiger charge is -2.42. The minimum absolute atomic E-state index is 0.0200. The summed E-state index contributed by atoms with van der Waals surface area (Å²) in [6.45, 7) is 1.97. The summed E-state index contributed by atoms with van der Waals surface area (Å²) in [4.78, 5) is 11.7. The summed E-state index contributed by atoms with van der Waals surface area (Å²) < 4.78 is 4.50. The van der Waals surface area contributed by atoms with Crippen LogP contribution in [-0.4, -0.2) is 16.5 Å². The molecule has 4 aromatic carbocycles. The normalized spacial score (nSPS) is 19.7. The van der Waals surface area contributed by atoms with E-state index < -0.39 is 5.60 Å². The largest absolute Gasteiger partial charge is 0.390 e. The van der Waals surface area contributed by atoms with Crippen molar-refractivity contribution in [2.24, 2.45) is 0 Å². The highest BCUT2D eigenvalue weighted by Crippen LogP contribution is 2.58. The van der Waals surface area contributed by atoms with E-state index in [1.54, 1.807) is 0 Å². The van der Waals surface area contributed by atoms with Crippen molar-refractivity contribution < 1.29 is 9.90 Å². The predicted molar refractivity (Wildman–Crippen MR) is 189 cm³/mol. The van der Waals surface area contributed by atoms with Crippen LogP contribution in [0.1, 0.15) is 80.5 Å². The van der Waals surface area contributed by atoms with Crippen LogP contribution >= 0.6 is 63.7 Å². The molecule has 2 saturated carbocycles. The Kier molecular flexibility index (Phi) is 7.73. The van der Waals surface area contributed by atoms with Crippen molar-refractivity contribution in [3.63, 3.8) is 0 Å². The van der Waals surface area contributed by atoms with Gasteiger partial charge >= 0.3 is 0 Å². The van der Waals surface area contributed by atoms with E-state index in [1.165, 1.54) is 44.5 Å². The van der Waals surface area contributed by atoms with Gasteiger partial charge in [-0.05, 0) is 138 Å². The van der Waals surface area contributed by atoms with Crippen LogP contribution in [0.25, 0.3) is 22.3 Å². The molecule has 6 heteroatoms. The van der Waals surface area contributed by atoms with E-state index in [2.05, 4.69) is 137 Å². The molecule has 4 aliphatic rings. The second-order valence-corrected chi connectivity index (χ2v) is 16.6. The van der Waals surface area contributed by atoms with E-state index in [0.29, 0.717) is 18.6 Å². The van der Waals surface area contributed by atoms with E-state index in [0.717, 1.165) is 56.4 Å². The molecule has 0 unspecified atom stereocenters. The van der Waals surface area contributed by atoms with Gasteiger partial charge in [-0.2, -0.15) is 0 Å². The average molecular weight is 828 g/mol. The van der Waals surface area contributed by atoms with Crippen molar-refractivity contribution in [1.82, 2.24) is 0 Å². The molecule has 0 heterocycles. The minimum Gasteiger partial charge on any atom is -0.390 e. The number of benzene rings is 4. The number of carbonyl (C=O) groups is 1. The Balaban J connectivity index is 0.000000140. The third-order valence-corrected chi connectivity index (χ3v) is 12.4. The molecule has 220 valence electrons. The highest BCUT2D eigenvalue weighted by atomic mass is 79.9. The van der Waals surface area contributed by atoms with Gasteiger partial charge in [0, 0.05) is 41.6 Å². The topological polar surface area (TPSA) is 37.3 Å². The lowest BCUT2D eigenvalue weighted by atomic mass is 9.64. The Morgan fingerprint density at radius 3 is 1.14 bits per heavy atom. The smallest absolute Gasteiger partial charge is 0.133 e. The van der Waals surface area contributed by atoms with E-state index in [1.807, 2.05) is 6.92 Å². The molecule has 8 rings (SSSR count). The van der Waals surface area contributed by atoms with Crippen molar-refractivity contribution in [2.45, 2.75) is 74.7 Å². The molecule has 0 saturated heterocycles. The van der Waals surface area contributed by atoms with Crippen molar-refractivity contribution >= 4 is 69.5 Å². The summed E-state index contributed by atoms with van der Waals surface area (Å²) in [6, 6.07) is 26.4. The Morgan fingerprint density at radius 2 is 0.814 bits per heavy atom. The van der Waals surface area contributed by atoms with Crippen LogP contribution in [0.3, 0.4) is 0 Å². The average Bonchev–Trinajstić information content (AvgIpc) is 3.38.